The number of H-pyrrole nitrogens is 1. The number of aryl methyl sites for hydroxylation is 1. The van der Waals surface area contributed by atoms with Crippen molar-refractivity contribution in [2.45, 2.75) is 26.8 Å². The Bertz CT molecular complexity index is 1270. The predicted molar refractivity (Wildman–Crippen MR) is 108 cm³/mol. The third kappa shape index (κ3) is 3.21. The normalized spacial score (nSPS) is 11.4. The van der Waals surface area contributed by atoms with Gasteiger partial charge in [-0.3, -0.25) is 9.59 Å². The zero-order valence-corrected chi connectivity index (χ0v) is 16.0. The largest absolute Gasteiger partial charge is 0.312 e. The fourth-order valence-corrected chi connectivity index (χ4v) is 3.81. The van der Waals surface area contributed by atoms with Crippen molar-refractivity contribution in [3.8, 4) is 21.8 Å². The van der Waals surface area contributed by atoms with Crippen LogP contribution >= 0.6 is 11.3 Å². The number of hydrogen-bond acceptors (Lipinski definition) is 5. The van der Waals surface area contributed by atoms with Gasteiger partial charge >= 0.3 is 0 Å². The lowest BCUT2D eigenvalue weighted by Crippen LogP contribution is -2.20. The van der Waals surface area contributed by atoms with Crippen LogP contribution in [0, 0.1) is 6.92 Å². The van der Waals surface area contributed by atoms with Gasteiger partial charge in [0.25, 0.3) is 5.56 Å². The third-order valence-electron chi connectivity index (χ3n) is 4.30. The van der Waals surface area contributed by atoms with Gasteiger partial charge in [-0.15, -0.1) is 11.3 Å². The second-order valence-electron chi connectivity index (χ2n) is 6.64. The first-order valence-electron chi connectivity index (χ1n) is 8.63. The molecule has 0 saturated heterocycles. The van der Waals surface area contributed by atoms with Crippen molar-refractivity contribution < 1.29 is 0 Å². The van der Waals surface area contributed by atoms with E-state index in [1.54, 1.807) is 34.1 Å². The van der Waals surface area contributed by atoms with Crippen LogP contribution in [0.4, 0.5) is 0 Å². The minimum absolute atomic E-state index is 0.0367. The monoisotopic (exact) mass is 378 g/mol. The molecular weight excluding hydrogens is 360 g/mol. The summed E-state index contributed by atoms with van der Waals surface area (Å²) in [5.41, 5.74) is 2.96. The van der Waals surface area contributed by atoms with Crippen LogP contribution in [0.1, 0.15) is 24.8 Å². The molecule has 4 heterocycles. The molecule has 0 fully saturated rings. The van der Waals surface area contributed by atoms with Crippen molar-refractivity contribution in [2.75, 3.05) is 0 Å². The summed E-state index contributed by atoms with van der Waals surface area (Å²) in [4.78, 5) is 38.2. The molecule has 0 aliphatic heterocycles. The molecule has 0 radical (unpaired) electrons. The number of rotatable bonds is 3. The van der Waals surface area contributed by atoms with Gasteiger partial charge in [-0.2, -0.15) is 0 Å². The average Bonchev–Trinajstić information content (AvgIpc) is 3.07. The van der Waals surface area contributed by atoms with Gasteiger partial charge in [0.2, 0.25) is 5.56 Å². The molecule has 1 N–H and O–H groups in total. The van der Waals surface area contributed by atoms with Crippen molar-refractivity contribution in [1.29, 1.82) is 0 Å². The smallest absolute Gasteiger partial charge is 0.250 e. The van der Waals surface area contributed by atoms with Crippen LogP contribution in [-0.4, -0.2) is 19.5 Å². The molecule has 0 atom stereocenters. The maximum atomic E-state index is 12.1. The fourth-order valence-electron chi connectivity index (χ4n) is 2.95. The summed E-state index contributed by atoms with van der Waals surface area (Å²) in [6.45, 7) is 5.96. The first-order valence-corrected chi connectivity index (χ1v) is 9.44. The van der Waals surface area contributed by atoms with E-state index >= 15 is 0 Å². The van der Waals surface area contributed by atoms with Gasteiger partial charge < -0.3 is 9.55 Å². The number of aromatic nitrogens is 4. The number of pyridine rings is 2. The van der Waals surface area contributed by atoms with Gasteiger partial charge in [-0.25, -0.2) is 9.97 Å². The summed E-state index contributed by atoms with van der Waals surface area (Å²) < 4.78 is 1.68. The summed E-state index contributed by atoms with van der Waals surface area (Å²) in [7, 11) is 0. The Morgan fingerprint density at radius 2 is 1.81 bits per heavy atom. The van der Waals surface area contributed by atoms with Gasteiger partial charge in [-0.05, 0) is 45.0 Å². The minimum atomic E-state index is -0.216. The number of hydrogen-bond donors (Lipinski definition) is 1. The molecule has 136 valence electrons. The summed E-state index contributed by atoms with van der Waals surface area (Å²) in [6, 6.07) is 10.5. The lowest BCUT2D eigenvalue weighted by Gasteiger charge is -2.13. The average molecular weight is 378 g/mol. The Kier molecular flexibility index (Phi) is 4.24. The highest BCUT2D eigenvalue weighted by Gasteiger charge is 2.16. The molecule has 0 spiro atoms. The summed E-state index contributed by atoms with van der Waals surface area (Å²) in [6.07, 6.45) is 1.82. The number of fused-ring (bicyclic) bond motifs is 1. The molecule has 4 aromatic heterocycles. The third-order valence-corrected chi connectivity index (χ3v) is 5.31. The summed E-state index contributed by atoms with van der Waals surface area (Å²) >= 11 is 1.61. The van der Waals surface area contributed by atoms with Crippen LogP contribution in [0.25, 0.3) is 33.0 Å². The van der Waals surface area contributed by atoms with Gasteiger partial charge in [-0.1, -0.05) is 0 Å². The SMILES string of the molecule is Cc1ccc(-c2nc3[nH]c(=O)ccc3nc2-c2ccc(=O)n(C(C)C)c2)s1. The van der Waals surface area contributed by atoms with Crippen LogP contribution in [0.15, 0.2) is 52.2 Å². The zero-order chi connectivity index (χ0) is 19.1. The highest BCUT2D eigenvalue weighted by molar-refractivity contribution is 7.15. The molecule has 0 amide bonds. The van der Waals surface area contributed by atoms with E-state index in [9.17, 15) is 9.59 Å². The van der Waals surface area contributed by atoms with Gasteiger partial charge in [0.1, 0.15) is 11.2 Å². The van der Waals surface area contributed by atoms with E-state index < -0.39 is 0 Å². The van der Waals surface area contributed by atoms with Crippen LogP contribution in [-0.2, 0) is 0 Å². The molecule has 4 rings (SSSR count). The van der Waals surface area contributed by atoms with Gasteiger partial charge in [0, 0.05) is 34.8 Å². The first kappa shape index (κ1) is 17.4. The Morgan fingerprint density at radius 1 is 1.00 bits per heavy atom. The summed E-state index contributed by atoms with van der Waals surface area (Å²) in [5.74, 6) is 0. The highest BCUT2D eigenvalue weighted by Crippen LogP contribution is 2.34. The molecule has 0 bridgehead atoms. The van der Waals surface area contributed by atoms with E-state index in [0.717, 1.165) is 15.3 Å². The van der Waals surface area contributed by atoms with Crippen LogP contribution in [0.5, 0.6) is 0 Å². The predicted octanol–water partition coefficient (Wildman–Crippen LogP) is 3.76. The number of thiophene rings is 1. The number of nitrogens with one attached hydrogen (secondary N) is 1. The second-order valence-corrected chi connectivity index (χ2v) is 7.93. The number of aromatic amines is 1. The van der Waals surface area contributed by atoms with Gasteiger partial charge in [0.15, 0.2) is 5.65 Å². The topological polar surface area (TPSA) is 80.6 Å². The van der Waals surface area contributed by atoms with Crippen LogP contribution < -0.4 is 11.1 Å². The van der Waals surface area contributed by atoms with E-state index in [1.807, 2.05) is 39.1 Å². The van der Waals surface area contributed by atoms with Crippen molar-refractivity contribution in [2.24, 2.45) is 0 Å². The Hall–Kier alpha value is -3.06. The van der Waals surface area contributed by atoms with Crippen LogP contribution in [0.3, 0.4) is 0 Å². The van der Waals surface area contributed by atoms with E-state index in [4.69, 9.17) is 9.97 Å². The standard InChI is InChI=1S/C20H18N4O2S/c1-11(2)24-10-13(5-9-17(24)26)18-19(15-7-4-12(3)27-15)23-20-14(21-18)6-8-16(25)22-20/h4-11H,1-3H3,(H,22,23,25). The molecule has 6 nitrogen and oxygen atoms in total. The van der Waals surface area contributed by atoms with E-state index in [1.165, 1.54) is 6.07 Å². The maximum absolute atomic E-state index is 12.1. The number of nitrogens with zero attached hydrogens (tertiary/aromatic N) is 3. The van der Waals surface area contributed by atoms with Crippen molar-refractivity contribution in [3.05, 3.63) is 68.2 Å². The lowest BCUT2D eigenvalue weighted by molar-refractivity contribution is 0.579. The Balaban J connectivity index is 2.04. The van der Waals surface area contributed by atoms with Crippen molar-refractivity contribution in [1.82, 2.24) is 19.5 Å². The van der Waals surface area contributed by atoms with E-state index in [2.05, 4.69) is 4.98 Å². The second kappa shape index (κ2) is 6.59. The zero-order valence-electron chi connectivity index (χ0n) is 15.2. The molecule has 0 saturated carbocycles. The minimum Gasteiger partial charge on any atom is -0.312 e. The Morgan fingerprint density at radius 3 is 2.52 bits per heavy atom. The molecule has 27 heavy (non-hydrogen) atoms. The highest BCUT2D eigenvalue weighted by atomic mass is 32.1. The lowest BCUT2D eigenvalue weighted by atomic mass is 10.1. The molecule has 0 aliphatic rings. The Labute approximate surface area is 159 Å². The molecule has 0 aliphatic carbocycles. The maximum Gasteiger partial charge on any atom is 0.250 e. The van der Waals surface area contributed by atoms with Gasteiger partial charge in [0.05, 0.1) is 10.6 Å². The van der Waals surface area contributed by atoms with E-state index in [0.29, 0.717) is 22.6 Å². The molecule has 4 aromatic rings. The van der Waals surface area contributed by atoms with Crippen molar-refractivity contribution >= 4 is 22.5 Å². The molecule has 0 aromatic carbocycles. The fraction of sp³-hybridized carbons (Fsp3) is 0.200. The van der Waals surface area contributed by atoms with Crippen molar-refractivity contribution in [3.63, 3.8) is 0 Å². The molecule has 0 unspecified atom stereocenters. The quantitative estimate of drug-likeness (QED) is 0.588. The first-order chi connectivity index (χ1) is 12.9. The van der Waals surface area contributed by atoms with Crippen LogP contribution in [0.2, 0.25) is 0 Å². The molecule has 7 heteroatoms. The molecular formula is C20H18N4O2S. The summed E-state index contributed by atoms with van der Waals surface area (Å²) in [5, 5.41) is 0. The van der Waals surface area contributed by atoms with E-state index in [-0.39, 0.29) is 17.2 Å².